The van der Waals surface area contributed by atoms with Gasteiger partial charge in [-0.05, 0) is 26.3 Å². The Hall–Kier alpha value is -0.720. The van der Waals surface area contributed by atoms with Crippen LogP contribution in [-0.4, -0.2) is 5.11 Å². The third-order valence-corrected chi connectivity index (χ3v) is 0.987. The fraction of sp³-hybridized carbons (Fsp3) is 0.556. The summed E-state index contributed by atoms with van der Waals surface area (Å²) in [5, 5.41) is 8.78. The van der Waals surface area contributed by atoms with Gasteiger partial charge in [0.2, 0.25) is 0 Å². The first-order chi connectivity index (χ1) is 4.68. The van der Waals surface area contributed by atoms with Crippen LogP contribution in [0.1, 0.15) is 34.6 Å². The van der Waals surface area contributed by atoms with Crippen molar-refractivity contribution in [2.45, 2.75) is 34.6 Å². The maximum Gasteiger partial charge on any atom is 0.0920 e. The highest BCUT2D eigenvalue weighted by Gasteiger charge is 1.83. The van der Waals surface area contributed by atoms with Gasteiger partial charge in [-0.1, -0.05) is 26.0 Å². The van der Waals surface area contributed by atoms with E-state index in [1.54, 1.807) is 6.92 Å². The molecule has 0 aromatic heterocycles. The first-order valence-electron chi connectivity index (χ1n) is 3.67. The zero-order valence-corrected chi connectivity index (χ0v) is 7.60. The SMILES string of the molecule is C/C=C\C(C)=C(/C)O.CC. The molecule has 0 aromatic rings. The summed E-state index contributed by atoms with van der Waals surface area (Å²) in [6.45, 7) is 9.47. The normalized spacial score (nSPS) is 12.1. The molecule has 0 amide bonds. The number of rotatable bonds is 1. The molecule has 0 unspecified atom stereocenters. The summed E-state index contributed by atoms with van der Waals surface area (Å²) in [6, 6.07) is 0. The van der Waals surface area contributed by atoms with E-state index in [1.165, 1.54) is 0 Å². The highest BCUT2D eigenvalue weighted by atomic mass is 16.3. The Bertz CT molecular complexity index is 117. The third-order valence-electron chi connectivity index (χ3n) is 0.987. The summed E-state index contributed by atoms with van der Waals surface area (Å²) in [6.07, 6.45) is 3.77. The number of aliphatic hydroxyl groups excluding tert-OH is 1. The fourth-order valence-electron chi connectivity index (χ4n) is 0.371. The number of hydrogen-bond acceptors (Lipinski definition) is 1. The topological polar surface area (TPSA) is 20.2 Å². The van der Waals surface area contributed by atoms with E-state index in [0.29, 0.717) is 5.76 Å². The van der Waals surface area contributed by atoms with E-state index in [1.807, 2.05) is 39.8 Å². The first-order valence-corrected chi connectivity index (χ1v) is 3.67. The van der Waals surface area contributed by atoms with E-state index < -0.39 is 0 Å². The predicted molar refractivity (Wildman–Crippen MR) is 47.2 cm³/mol. The van der Waals surface area contributed by atoms with Crippen LogP contribution in [0, 0.1) is 0 Å². The molecule has 10 heavy (non-hydrogen) atoms. The lowest BCUT2D eigenvalue weighted by Crippen LogP contribution is -1.75. The van der Waals surface area contributed by atoms with Crippen molar-refractivity contribution < 1.29 is 5.11 Å². The van der Waals surface area contributed by atoms with Gasteiger partial charge in [0.1, 0.15) is 0 Å². The Morgan fingerprint density at radius 1 is 1.20 bits per heavy atom. The maximum absolute atomic E-state index is 8.78. The van der Waals surface area contributed by atoms with Crippen molar-refractivity contribution in [3.05, 3.63) is 23.5 Å². The van der Waals surface area contributed by atoms with E-state index in [4.69, 9.17) is 5.11 Å². The Labute approximate surface area is 64.1 Å². The molecular weight excluding hydrogens is 124 g/mol. The average Bonchev–Trinajstić information content (AvgIpc) is 1.93. The second kappa shape index (κ2) is 8.28. The van der Waals surface area contributed by atoms with E-state index >= 15 is 0 Å². The largest absolute Gasteiger partial charge is 0.512 e. The summed E-state index contributed by atoms with van der Waals surface area (Å²) >= 11 is 0. The van der Waals surface area contributed by atoms with E-state index in [9.17, 15) is 0 Å². The molecule has 0 saturated heterocycles. The minimum absolute atomic E-state index is 0.392. The molecule has 0 bridgehead atoms. The minimum Gasteiger partial charge on any atom is -0.512 e. The van der Waals surface area contributed by atoms with Crippen molar-refractivity contribution in [1.29, 1.82) is 0 Å². The zero-order valence-electron chi connectivity index (χ0n) is 7.60. The van der Waals surface area contributed by atoms with E-state index in [0.717, 1.165) is 5.57 Å². The summed E-state index contributed by atoms with van der Waals surface area (Å²) in [5.74, 6) is 0.392. The summed E-state index contributed by atoms with van der Waals surface area (Å²) in [5.41, 5.74) is 0.924. The Morgan fingerprint density at radius 3 is 1.70 bits per heavy atom. The van der Waals surface area contributed by atoms with Crippen LogP contribution in [0.3, 0.4) is 0 Å². The highest BCUT2D eigenvalue weighted by Crippen LogP contribution is 1.99. The van der Waals surface area contributed by atoms with Gasteiger partial charge in [-0.2, -0.15) is 0 Å². The van der Waals surface area contributed by atoms with Gasteiger partial charge in [0.05, 0.1) is 5.76 Å². The number of aliphatic hydroxyl groups is 1. The monoisotopic (exact) mass is 142 g/mol. The zero-order chi connectivity index (χ0) is 8.57. The lowest BCUT2D eigenvalue weighted by atomic mass is 10.2. The lowest BCUT2D eigenvalue weighted by Gasteiger charge is -1.90. The van der Waals surface area contributed by atoms with Crippen LogP contribution in [0.4, 0.5) is 0 Å². The van der Waals surface area contributed by atoms with Gasteiger partial charge in [0.15, 0.2) is 0 Å². The van der Waals surface area contributed by atoms with Crippen LogP contribution in [-0.2, 0) is 0 Å². The van der Waals surface area contributed by atoms with E-state index in [-0.39, 0.29) is 0 Å². The molecule has 0 rings (SSSR count). The van der Waals surface area contributed by atoms with Crippen LogP contribution >= 0.6 is 0 Å². The molecule has 0 aliphatic heterocycles. The van der Waals surface area contributed by atoms with Crippen LogP contribution < -0.4 is 0 Å². The summed E-state index contributed by atoms with van der Waals surface area (Å²) < 4.78 is 0. The summed E-state index contributed by atoms with van der Waals surface area (Å²) in [7, 11) is 0. The van der Waals surface area contributed by atoms with Gasteiger partial charge >= 0.3 is 0 Å². The molecule has 0 atom stereocenters. The molecule has 1 N–H and O–H groups in total. The first kappa shape index (κ1) is 12.0. The van der Waals surface area contributed by atoms with Gasteiger partial charge in [0.25, 0.3) is 0 Å². The highest BCUT2D eigenvalue weighted by molar-refractivity contribution is 5.17. The molecule has 0 radical (unpaired) electrons. The van der Waals surface area contributed by atoms with Gasteiger partial charge in [-0.3, -0.25) is 0 Å². The second-order valence-electron chi connectivity index (χ2n) is 1.77. The maximum atomic E-state index is 8.78. The van der Waals surface area contributed by atoms with Crippen molar-refractivity contribution in [2.24, 2.45) is 0 Å². The minimum atomic E-state index is 0.392. The average molecular weight is 142 g/mol. The van der Waals surface area contributed by atoms with Gasteiger partial charge < -0.3 is 5.11 Å². The molecule has 0 saturated carbocycles. The van der Waals surface area contributed by atoms with Crippen LogP contribution in [0.25, 0.3) is 0 Å². The predicted octanol–water partition coefficient (Wildman–Crippen LogP) is 3.44. The molecule has 1 heteroatoms. The molecule has 0 spiro atoms. The lowest BCUT2D eigenvalue weighted by molar-refractivity contribution is 0.409. The number of hydrogen-bond donors (Lipinski definition) is 1. The second-order valence-corrected chi connectivity index (χ2v) is 1.77. The van der Waals surface area contributed by atoms with Crippen LogP contribution in [0.5, 0.6) is 0 Å². The summed E-state index contributed by atoms with van der Waals surface area (Å²) in [4.78, 5) is 0. The standard InChI is InChI=1S/C7H12O.C2H6/c1-4-5-6(2)7(3)8;1-2/h4-5,8H,1-3H3;1-2H3/b5-4-,7-6+;. The van der Waals surface area contributed by atoms with Crippen LogP contribution in [0.2, 0.25) is 0 Å². The van der Waals surface area contributed by atoms with E-state index in [2.05, 4.69) is 0 Å². The molecule has 0 heterocycles. The fourth-order valence-corrected chi connectivity index (χ4v) is 0.371. The Morgan fingerprint density at radius 2 is 1.60 bits per heavy atom. The van der Waals surface area contributed by atoms with Crippen molar-refractivity contribution in [3.8, 4) is 0 Å². The van der Waals surface area contributed by atoms with Gasteiger partial charge in [-0.25, -0.2) is 0 Å². The van der Waals surface area contributed by atoms with Crippen molar-refractivity contribution >= 4 is 0 Å². The Balaban J connectivity index is 0. The quantitative estimate of drug-likeness (QED) is 0.439. The van der Waals surface area contributed by atoms with Crippen LogP contribution in [0.15, 0.2) is 23.5 Å². The van der Waals surface area contributed by atoms with Gasteiger partial charge in [-0.15, -0.1) is 0 Å². The van der Waals surface area contributed by atoms with Gasteiger partial charge in [0, 0.05) is 0 Å². The van der Waals surface area contributed by atoms with Crippen molar-refractivity contribution in [2.75, 3.05) is 0 Å². The molecule has 60 valence electrons. The Kier molecular flexibility index (Phi) is 9.94. The number of allylic oxidation sites excluding steroid dienone is 4. The molecule has 0 aromatic carbocycles. The molecule has 0 aliphatic rings. The molecular formula is C9H18O. The third kappa shape index (κ3) is 7.28. The molecule has 0 fully saturated rings. The van der Waals surface area contributed by atoms with Crippen molar-refractivity contribution in [1.82, 2.24) is 0 Å². The smallest absolute Gasteiger partial charge is 0.0920 e. The molecule has 0 aliphatic carbocycles. The molecule has 1 nitrogen and oxygen atoms in total. The van der Waals surface area contributed by atoms with Crippen molar-refractivity contribution in [3.63, 3.8) is 0 Å².